The molecule has 0 bridgehead atoms. The van der Waals surface area contributed by atoms with Crippen LogP contribution in [-0.4, -0.2) is 38.6 Å². The van der Waals surface area contributed by atoms with E-state index in [1.807, 2.05) is 24.3 Å². The van der Waals surface area contributed by atoms with Crippen molar-refractivity contribution in [3.8, 4) is 0 Å². The second-order valence-electron chi connectivity index (χ2n) is 3.55. The van der Waals surface area contributed by atoms with Crippen molar-refractivity contribution in [2.75, 3.05) is 18.1 Å². The van der Waals surface area contributed by atoms with Crippen LogP contribution in [0.4, 0.5) is 5.95 Å². The zero-order valence-electron chi connectivity index (χ0n) is 9.08. The number of aliphatic hydroxyl groups is 2. The molecule has 1 aromatic carbocycles. The minimum Gasteiger partial charge on any atom is -0.394 e. The number of hydrogen-bond acceptors (Lipinski definition) is 6. The topological polar surface area (TPSA) is 92.3 Å². The molecule has 2 rings (SSSR count). The van der Waals surface area contributed by atoms with Gasteiger partial charge in [-0.2, -0.15) is 0 Å². The Labute approximate surface area is 103 Å². The SMILES string of the molecule is Nc1nc(SCC(O)CO)c2ccccc2n1. The van der Waals surface area contributed by atoms with E-state index in [1.165, 1.54) is 11.8 Å². The van der Waals surface area contributed by atoms with Crippen molar-refractivity contribution in [3.05, 3.63) is 24.3 Å². The number of benzene rings is 1. The monoisotopic (exact) mass is 251 g/mol. The Bertz CT molecular complexity index is 521. The van der Waals surface area contributed by atoms with Crippen LogP contribution in [-0.2, 0) is 0 Å². The van der Waals surface area contributed by atoms with E-state index in [0.717, 1.165) is 15.9 Å². The Hall–Kier alpha value is -1.37. The molecule has 0 aliphatic rings. The second kappa shape index (κ2) is 5.31. The van der Waals surface area contributed by atoms with Crippen LogP contribution in [0.25, 0.3) is 10.9 Å². The van der Waals surface area contributed by atoms with Gasteiger partial charge in [0.25, 0.3) is 0 Å². The Balaban J connectivity index is 2.32. The summed E-state index contributed by atoms with van der Waals surface area (Å²) in [7, 11) is 0. The summed E-state index contributed by atoms with van der Waals surface area (Å²) < 4.78 is 0. The lowest BCUT2D eigenvalue weighted by atomic mass is 10.2. The summed E-state index contributed by atoms with van der Waals surface area (Å²) in [6.45, 7) is -0.258. The van der Waals surface area contributed by atoms with Gasteiger partial charge in [-0.3, -0.25) is 0 Å². The van der Waals surface area contributed by atoms with Gasteiger partial charge in [-0.15, -0.1) is 11.8 Å². The van der Waals surface area contributed by atoms with Gasteiger partial charge >= 0.3 is 0 Å². The third-order valence-corrected chi connectivity index (χ3v) is 3.34. The van der Waals surface area contributed by atoms with Crippen LogP contribution in [0.5, 0.6) is 0 Å². The molecule has 1 heterocycles. The highest BCUT2D eigenvalue weighted by molar-refractivity contribution is 7.99. The molecule has 0 radical (unpaired) electrons. The molecular formula is C11H13N3O2S. The summed E-state index contributed by atoms with van der Waals surface area (Å²) in [5.74, 6) is 0.585. The highest BCUT2D eigenvalue weighted by atomic mass is 32.2. The fraction of sp³-hybridized carbons (Fsp3) is 0.273. The Morgan fingerprint density at radius 3 is 2.82 bits per heavy atom. The van der Waals surface area contributed by atoms with Gasteiger partial charge in [0, 0.05) is 11.1 Å². The average molecular weight is 251 g/mol. The number of anilines is 1. The molecule has 90 valence electrons. The van der Waals surface area contributed by atoms with E-state index in [0.29, 0.717) is 5.75 Å². The highest BCUT2D eigenvalue weighted by Crippen LogP contribution is 2.26. The summed E-state index contributed by atoms with van der Waals surface area (Å²) in [6.07, 6.45) is -0.755. The van der Waals surface area contributed by atoms with E-state index in [-0.39, 0.29) is 12.6 Å². The Morgan fingerprint density at radius 2 is 2.06 bits per heavy atom. The molecule has 1 aromatic heterocycles. The van der Waals surface area contributed by atoms with Crippen molar-refractivity contribution in [3.63, 3.8) is 0 Å². The lowest BCUT2D eigenvalue weighted by Gasteiger charge is -2.08. The maximum absolute atomic E-state index is 9.32. The van der Waals surface area contributed by atoms with E-state index in [9.17, 15) is 5.11 Å². The first-order chi connectivity index (χ1) is 8.20. The van der Waals surface area contributed by atoms with Gasteiger partial charge in [-0.25, -0.2) is 9.97 Å². The summed E-state index contributed by atoms with van der Waals surface area (Å²) in [5, 5.41) is 19.7. The van der Waals surface area contributed by atoms with Crippen molar-refractivity contribution in [2.24, 2.45) is 0 Å². The molecule has 4 N–H and O–H groups in total. The highest BCUT2D eigenvalue weighted by Gasteiger charge is 2.09. The minimum absolute atomic E-state index is 0.213. The van der Waals surface area contributed by atoms with E-state index in [4.69, 9.17) is 10.8 Å². The first-order valence-corrected chi connectivity index (χ1v) is 6.13. The van der Waals surface area contributed by atoms with Crippen LogP contribution in [0.3, 0.4) is 0 Å². The Kier molecular flexibility index (Phi) is 3.78. The summed E-state index contributed by atoms with van der Waals surface area (Å²) >= 11 is 1.36. The molecule has 0 saturated carbocycles. The van der Waals surface area contributed by atoms with Gasteiger partial charge in [-0.05, 0) is 6.07 Å². The maximum atomic E-state index is 9.32. The first-order valence-electron chi connectivity index (χ1n) is 5.14. The fourth-order valence-corrected chi connectivity index (χ4v) is 2.34. The third kappa shape index (κ3) is 2.85. The van der Waals surface area contributed by atoms with Gasteiger partial charge < -0.3 is 15.9 Å². The second-order valence-corrected chi connectivity index (χ2v) is 4.56. The van der Waals surface area contributed by atoms with Crippen LogP contribution in [0.1, 0.15) is 0 Å². The van der Waals surface area contributed by atoms with Crippen molar-refractivity contribution < 1.29 is 10.2 Å². The standard InChI is InChI=1S/C11H13N3O2S/c12-11-13-9-4-2-1-3-8(9)10(14-11)17-6-7(16)5-15/h1-4,7,15-16H,5-6H2,(H2,12,13,14). The third-order valence-electron chi connectivity index (χ3n) is 2.21. The number of nitrogen functional groups attached to an aromatic ring is 1. The molecule has 0 amide bonds. The maximum Gasteiger partial charge on any atom is 0.221 e. The molecule has 0 fully saturated rings. The fourth-order valence-electron chi connectivity index (χ4n) is 1.40. The van der Waals surface area contributed by atoms with E-state index >= 15 is 0 Å². The van der Waals surface area contributed by atoms with Crippen molar-refractivity contribution in [2.45, 2.75) is 11.1 Å². The van der Waals surface area contributed by atoms with Gasteiger partial charge in [0.1, 0.15) is 5.03 Å². The van der Waals surface area contributed by atoms with E-state index in [2.05, 4.69) is 9.97 Å². The number of aromatic nitrogens is 2. The molecule has 0 saturated heterocycles. The quantitative estimate of drug-likeness (QED) is 0.546. The van der Waals surface area contributed by atoms with Crippen molar-refractivity contribution in [1.82, 2.24) is 9.97 Å². The average Bonchev–Trinajstić information content (AvgIpc) is 2.35. The number of nitrogens with zero attached hydrogens (tertiary/aromatic N) is 2. The number of nitrogens with two attached hydrogens (primary N) is 1. The molecule has 0 spiro atoms. The molecule has 17 heavy (non-hydrogen) atoms. The molecule has 0 aliphatic heterocycles. The summed E-state index contributed by atoms with van der Waals surface area (Å²) in [5.41, 5.74) is 6.39. The number of thioether (sulfide) groups is 1. The lowest BCUT2D eigenvalue weighted by Crippen LogP contribution is -2.14. The van der Waals surface area contributed by atoms with Crippen molar-refractivity contribution in [1.29, 1.82) is 0 Å². The van der Waals surface area contributed by atoms with Gasteiger partial charge in [-0.1, -0.05) is 18.2 Å². The lowest BCUT2D eigenvalue weighted by molar-refractivity contribution is 0.113. The minimum atomic E-state index is -0.755. The largest absolute Gasteiger partial charge is 0.394 e. The predicted octanol–water partition coefficient (Wildman–Crippen LogP) is 0.657. The van der Waals surface area contributed by atoms with Gasteiger partial charge in [0.05, 0.1) is 18.2 Å². The molecule has 6 heteroatoms. The molecule has 2 aromatic rings. The molecule has 0 aliphatic carbocycles. The van der Waals surface area contributed by atoms with Crippen LogP contribution >= 0.6 is 11.8 Å². The number of rotatable bonds is 4. The zero-order chi connectivity index (χ0) is 12.3. The smallest absolute Gasteiger partial charge is 0.221 e. The Morgan fingerprint density at radius 1 is 1.29 bits per heavy atom. The van der Waals surface area contributed by atoms with Crippen LogP contribution in [0.2, 0.25) is 0 Å². The van der Waals surface area contributed by atoms with E-state index in [1.54, 1.807) is 0 Å². The van der Waals surface area contributed by atoms with Gasteiger partial charge in [0.15, 0.2) is 0 Å². The molecule has 1 atom stereocenters. The predicted molar refractivity (Wildman–Crippen MR) is 67.8 cm³/mol. The van der Waals surface area contributed by atoms with E-state index < -0.39 is 6.10 Å². The summed E-state index contributed by atoms with van der Waals surface area (Å²) in [4.78, 5) is 8.27. The molecule has 5 nitrogen and oxygen atoms in total. The normalized spacial score (nSPS) is 12.8. The molecule has 1 unspecified atom stereocenters. The first kappa shape index (κ1) is 12.1. The number of para-hydroxylation sites is 1. The number of hydrogen-bond donors (Lipinski definition) is 3. The van der Waals surface area contributed by atoms with Gasteiger partial charge in [0.2, 0.25) is 5.95 Å². The zero-order valence-corrected chi connectivity index (χ0v) is 9.89. The van der Waals surface area contributed by atoms with Crippen LogP contribution < -0.4 is 5.73 Å². The van der Waals surface area contributed by atoms with Crippen LogP contribution in [0, 0.1) is 0 Å². The van der Waals surface area contributed by atoms with Crippen molar-refractivity contribution >= 4 is 28.6 Å². The number of aliphatic hydroxyl groups excluding tert-OH is 2. The summed E-state index contributed by atoms with van der Waals surface area (Å²) in [6, 6.07) is 7.54. The number of fused-ring (bicyclic) bond motifs is 1. The van der Waals surface area contributed by atoms with Crippen LogP contribution in [0.15, 0.2) is 29.3 Å². The molecular weight excluding hydrogens is 238 g/mol.